The second-order valence-electron chi connectivity index (χ2n) is 4.96. The second-order valence-corrected chi connectivity index (χ2v) is 4.96. The van der Waals surface area contributed by atoms with E-state index in [2.05, 4.69) is 5.32 Å². The molecular weight excluding hydrogens is 276 g/mol. The number of carbonyl (C=O) groups is 2. The molecule has 8 nitrogen and oxygen atoms in total. The number of aromatic nitrogens is 1. The van der Waals surface area contributed by atoms with Crippen molar-refractivity contribution in [3.8, 4) is 0 Å². The van der Waals surface area contributed by atoms with Crippen LogP contribution in [0.2, 0.25) is 0 Å². The van der Waals surface area contributed by atoms with Crippen LogP contribution in [0.1, 0.15) is 30.3 Å². The molecule has 0 spiro atoms. The van der Waals surface area contributed by atoms with Crippen molar-refractivity contribution < 1.29 is 14.5 Å². The maximum atomic E-state index is 12.5. The Morgan fingerprint density at radius 3 is 2.95 bits per heavy atom. The van der Waals surface area contributed by atoms with E-state index >= 15 is 0 Å². The lowest BCUT2D eigenvalue weighted by Crippen LogP contribution is -2.38. The van der Waals surface area contributed by atoms with Crippen LogP contribution in [-0.2, 0) is 11.3 Å². The summed E-state index contributed by atoms with van der Waals surface area (Å²) in [4.78, 5) is 35.9. The molecule has 1 N–H and O–H groups in total. The molecule has 21 heavy (non-hydrogen) atoms. The fourth-order valence-corrected chi connectivity index (χ4v) is 2.34. The molecule has 0 aromatic carbocycles. The molecule has 114 valence electrons. The van der Waals surface area contributed by atoms with Gasteiger partial charge in [-0.15, -0.1) is 0 Å². The van der Waals surface area contributed by atoms with Gasteiger partial charge in [-0.3, -0.25) is 19.7 Å². The molecule has 1 aliphatic rings. The second kappa shape index (κ2) is 6.38. The van der Waals surface area contributed by atoms with E-state index in [1.165, 1.54) is 17.2 Å². The van der Waals surface area contributed by atoms with Gasteiger partial charge in [-0.25, -0.2) is 0 Å². The van der Waals surface area contributed by atoms with Crippen LogP contribution in [0.25, 0.3) is 0 Å². The lowest BCUT2D eigenvalue weighted by Gasteiger charge is -2.19. The van der Waals surface area contributed by atoms with Crippen LogP contribution in [0.4, 0.5) is 5.69 Å². The van der Waals surface area contributed by atoms with E-state index in [-0.39, 0.29) is 29.7 Å². The summed E-state index contributed by atoms with van der Waals surface area (Å²) < 4.78 is 1.59. The van der Waals surface area contributed by atoms with Crippen molar-refractivity contribution in [3.63, 3.8) is 0 Å². The summed E-state index contributed by atoms with van der Waals surface area (Å²) in [5.74, 6) is -0.544. The van der Waals surface area contributed by atoms with Gasteiger partial charge in [0, 0.05) is 25.7 Å². The van der Waals surface area contributed by atoms with Gasteiger partial charge in [0.15, 0.2) is 0 Å². The molecule has 1 aromatic heterocycles. The van der Waals surface area contributed by atoms with E-state index in [0.29, 0.717) is 26.1 Å². The van der Waals surface area contributed by atoms with Gasteiger partial charge in [0.05, 0.1) is 17.7 Å². The van der Waals surface area contributed by atoms with E-state index in [4.69, 9.17) is 0 Å². The third-order valence-electron chi connectivity index (χ3n) is 3.33. The van der Waals surface area contributed by atoms with Gasteiger partial charge in [0.25, 0.3) is 11.6 Å². The summed E-state index contributed by atoms with van der Waals surface area (Å²) >= 11 is 0. The molecule has 1 aromatic rings. The molecule has 0 radical (unpaired) electrons. The molecule has 2 amide bonds. The molecule has 2 rings (SSSR count). The molecule has 0 aliphatic carbocycles. The highest BCUT2D eigenvalue weighted by molar-refractivity contribution is 5.96. The fourth-order valence-electron chi connectivity index (χ4n) is 2.34. The summed E-state index contributed by atoms with van der Waals surface area (Å²) in [6.07, 6.45) is 2.80. The van der Waals surface area contributed by atoms with E-state index < -0.39 is 4.92 Å². The van der Waals surface area contributed by atoms with Gasteiger partial charge in [0.1, 0.15) is 5.69 Å². The number of aryl methyl sites for hydroxylation is 1. The normalized spacial score (nSPS) is 15.5. The van der Waals surface area contributed by atoms with Crippen LogP contribution in [0.3, 0.4) is 0 Å². The maximum absolute atomic E-state index is 12.5. The van der Waals surface area contributed by atoms with Gasteiger partial charge >= 0.3 is 0 Å². The van der Waals surface area contributed by atoms with Gasteiger partial charge in [0.2, 0.25) is 5.91 Å². The number of nitrogens with one attached hydrogen (secondary N) is 1. The smallest absolute Gasteiger partial charge is 0.287 e. The van der Waals surface area contributed by atoms with Crippen molar-refractivity contribution in [1.29, 1.82) is 0 Å². The molecule has 8 heteroatoms. The molecule has 0 unspecified atom stereocenters. The Labute approximate surface area is 121 Å². The molecular formula is C13H18N4O4. The topological polar surface area (TPSA) is 97.5 Å². The third-order valence-corrected chi connectivity index (χ3v) is 3.33. The van der Waals surface area contributed by atoms with Gasteiger partial charge in [-0.1, -0.05) is 6.92 Å². The lowest BCUT2D eigenvalue weighted by atomic mass is 10.3. The third kappa shape index (κ3) is 3.39. The van der Waals surface area contributed by atoms with Crippen LogP contribution < -0.4 is 5.32 Å². The predicted molar refractivity (Wildman–Crippen MR) is 74.9 cm³/mol. The van der Waals surface area contributed by atoms with Crippen LogP contribution in [0.5, 0.6) is 0 Å². The standard InChI is InChI=1S/C13H18N4O4/c1-2-5-15-8-10(17(20)21)7-11(15)13(19)16-6-3-4-14-12(18)9-16/h7-8H,2-6,9H2,1H3,(H,14,18). The number of hydrogen-bond donors (Lipinski definition) is 1. The van der Waals surface area contributed by atoms with Crippen LogP contribution in [0, 0.1) is 10.1 Å². The Kier molecular flexibility index (Phi) is 4.56. The zero-order chi connectivity index (χ0) is 15.4. The zero-order valence-corrected chi connectivity index (χ0v) is 11.9. The number of rotatable bonds is 4. The highest BCUT2D eigenvalue weighted by Gasteiger charge is 2.26. The quantitative estimate of drug-likeness (QED) is 0.655. The Morgan fingerprint density at radius 2 is 2.29 bits per heavy atom. The largest absolute Gasteiger partial charge is 0.354 e. The molecule has 0 saturated carbocycles. The molecule has 0 atom stereocenters. The number of nitrogens with zero attached hydrogens (tertiary/aromatic N) is 3. The summed E-state index contributed by atoms with van der Waals surface area (Å²) in [6.45, 7) is 3.44. The average molecular weight is 294 g/mol. The van der Waals surface area contributed by atoms with Crippen LogP contribution in [0.15, 0.2) is 12.3 Å². The van der Waals surface area contributed by atoms with Crippen molar-refractivity contribution in [3.05, 3.63) is 28.1 Å². The van der Waals surface area contributed by atoms with Crippen molar-refractivity contribution in [2.45, 2.75) is 26.3 Å². The van der Waals surface area contributed by atoms with Gasteiger partial charge in [-0.05, 0) is 12.8 Å². The Bertz CT molecular complexity index is 567. The molecule has 1 aliphatic heterocycles. The number of carbonyl (C=O) groups excluding carboxylic acids is 2. The van der Waals surface area contributed by atoms with Crippen molar-refractivity contribution in [1.82, 2.24) is 14.8 Å². The SMILES string of the molecule is CCCn1cc([N+](=O)[O-])cc1C(=O)N1CCCNC(=O)C1. The Morgan fingerprint density at radius 1 is 1.52 bits per heavy atom. The first-order chi connectivity index (χ1) is 10.0. The number of nitro groups is 1. The minimum atomic E-state index is -0.516. The summed E-state index contributed by atoms with van der Waals surface area (Å²) in [5, 5.41) is 13.6. The molecule has 1 fully saturated rings. The number of amides is 2. The predicted octanol–water partition coefficient (Wildman–Crippen LogP) is 0.768. The fraction of sp³-hybridized carbons (Fsp3) is 0.538. The van der Waals surface area contributed by atoms with Gasteiger partial charge in [-0.2, -0.15) is 0 Å². The minimum Gasteiger partial charge on any atom is -0.354 e. The Balaban J connectivity index is 2.28. The first kappa shape index (κ1) is 15.0. The summed E-state index contributed by atoms with van der Waals surface area (Å²) in [5.41, 5.74) is 0.157. The van der Waals surface area contributed by atoms with Crippen LogP contribution >= 0.6 is 0 Å². The highest BCUT2D eigenvalue weighted by Crippen LogP contribution is 2.19. The van der Waals surface area contributed by atoms with E-state index in [9.17, 15) is 19.7 Å². The maximum Gasteiger partial charge on any atom is 0.287 e. The van der Waals surface area contributed by atoms with E-state index in [1.54, 1.807) is 4.57 Å². The monoisotopic (exact) mass is 294 g/mol. The summed E-state index contributed by atoms with van der Waals surface area (Å²) in [7, 11) is 0. The minimum absolute atomic E-state index is 0.00998. The zero-order valence-electron chi connectivity index (χ0n) is 11.9. The van der Waals surface area contributed by atoms with Crippen molar-refractivity contribution in [2.24, 2.45) is 0 Å². The summed E-state index contributed by atoms with van der Waals surface area (Å²) in [6, 6.07) is 1.28. The average Bonchev–Trinajstić information content (AvgIpc) is 2.74. The Hall–Kier alpha value is -2.38. The first-order valence-electron chi connectivity index (χ1n) is 6.93. The van der Waals surface area contributed by atoms with Crippen molar-refractivity contribution >= 4 is 17.5 Å². The van der Waals surface area contributed by atoms with E-state index in [1.807, 2.05) is 6.92 Å². The highest BCUT2D eigenvalue weighted by atomic mass is 16.6. The van der Waals surface area contributed by atoms with E-state index in [0.717, 1.165) is 6.42 Å². The molecule has 0 bridgehead atoms. The van der Waals surface area contributed by atoms with Crippen molar-refractivity contribution in [2.75, 3.05) is 19.6 Å². The lowest BCUT2D eigenvalue weighted by molar-refractivity contribution is -0.384. The van der Waals surface area contributed by atoms with Crippen LogP contribution in [-0.4, -0.2) is 45.8 Å². The van der Waals surface area contributed by atoms with Gasteiger partial charge < -0.3 is 14.8 Å². The molecule has 1 saturated heterocycles. The molecule has 2 heterocycles. The number of hydrogen-bond acceptors (Lipinski definition) is 4. The first-order valence-corrected chi connectivity index (χ1v) is 6.93.